The van der Waals surface area contributed by atoms with Crippen LogP contribution in [0.25, 0.3) is 0 Å². The molecule has 2 N–H and O–H groups in total. The second-order valence-electron chi connectivity index (χ2n) is 3.35. The molecule has 1 unspecified atom stereocenters. The van der Waals surface area contributed by atoms with Crippen LogP contribution in [-0.4, -0.2) is 18.1 Å². The zero-order valence-electron chi connectivity index (χ0n) is 8.66. The van der Waals surface area contributed by atoms with Gasteiger partial charge in [0.25, 0.3) is 0 Å². The lowest BCUT2D eigenvalue weighted by Crippen LogP contribution is -2.25. The summed E-state index contributed by atoms with van der Waals surface area (Å²) in [4.78, 5) is 10.9. The molecule has 0 heterocycles. The number of carboxylic acid groups (broad SMARTS) is 1. The van der Waals surface area contributed by atoms with E-state index in [4.69, 9.17) is 5.11 Å². The Morgan fingerprint density at radius 1 is 1.43 bits per heavy atom. The van der Waals surface area contributed by atoms with E-state index in [-0.39, 0.29) is 0 Å². The molecule has 0 aliphatic carbocycles. The summed E-state index contributed by atoms with van der Waals surface area (Å²) in [5.41, 5.74) is 2.98. The molecule has 1 rings (SSSR count). The van der Waals surface area contributed by atoms with Crippen LogP contribution < -0.4 is 5.32 Å². The number of rotatable bonds is 3. The van der Waals surface area contributed by atoms with Crippen LogP contribution in [0.15, 0.2) is 18.2 Å². The summed E-state index contributed by atoms with van der Waals surface area (Å²) in [6, 6.07) is 5.09. The second kappa shape index (κ2) is 4.24. The van der Waals surface area contributed by atoms with E-state index in [0.29, 0.717) is 0 Å². The van der Waals surface area contributed by atoms with Gasteiger partial charge in [0, 0.05) is 0 Å². The minimum atomic E-state index is -0.846. The first kappa shape index (κ1) is 10.7. The van der Waals surface area contributed by atoms with Crippen molar-refractivity contribution >= 4 is 5.97 Å². The number of aliphatic carboxylic acids is 1. The van der Waals surface area contributed by atoms with Crippen molar-refractivity contribution in [1.82, 2.24) is 5.32 Å². The number of aryl methyl sites for hydroxylation is 1. The summed E-state index contributed by atoms with van der Waals surface area (Å²) >= 11 is 0. The lowest BCUT2D eigenvalue weighted by Gasteiger charge is -2.15. The molecule has 0 fully saturated rings. The average molecular weight is 193 g/mol. The van der Waals surface area contributed by atoms with Crippen molar-refractivity contribution < 1.29 is 9.90 Å². The van der Waals surface area contributed by atoms with Crippen molar-refractivity contribution in [2.45, 2.75) is 19.9 Å². The number of nitrogens with one attached hydrogen (secondary N) is 1. The van der Waals surface area contributed by atoms with Gasteiger partial charge in [-0.1, -0.05) is 18.2 Å². The van der Waals surface area contributed by atoms with Crippen LogP contribution in [0.2, 0.25) is 0 Å². The van der Waals surface area contributed by atoms with Gasteiger partial charge in [-0.15, -0.1) is 0 Å². The van der Waals surface area contributed by atoms with Gasteiger partial charge in [0.1, 0.15) is 6.04 Å². The second-order valence-corrected chi connectivity index (χ2v) is 3.35. The Labute approximate surface area is 83.8 Å². The van der Waals surface area contributed by atoms with Crippen molar-refractivity contribution in [3.63, 3.8) is 0 Å². The Kier molecular flexibility index (Phi) is 3.25. The number of carbonyl (C=O) groups is 1. The Balaban J connectivity index is 3.16. The normalized spacial score (nSPS) is 12.5. The molecule has 1 aromatic carbocycles. The summed E-state index contributed by atoms with van der Waals surface area (Å²) in [5, 5.41) is 11.8. The Morgan fingerprint density at radius 2 is 2.07 bits per heavy atom. The molecule has 3 heteroatoms. The highest BCUT2D eigenvalue weighted by Gasteiger charge is 2.19. The van der Waals surface area contributed by atoms with Gasteiger partial charge in [0.05, 0.1) is 0 Å². The summed E-state index contributed by atoms with van der Waals surface area (Å²) in [7, 11) is 1.65. The molecule has 1 atom stereocenters. The van der Waals surface area contributed by atoms with E-state index >= 15 is 0 Å². The fraction of sp³-hybridized carbons (Fsp3) is 0.364. The molecule has 0 aliphatic rings. The highest BCUT2D eigenvalue weighted by molar-refractivity contribution is 5.76. The molecule has 0 amide bonds. The molecule has 14 heavy (non-hydrogen) atoms. The molecule has 0 saturated heterocycles. The van der Waals surface area contributed by atoms with Gasteiger partial charge < -0.3 is 10.4 Å². The van der Waals surface area contributed by atoms with Crippen molar-refractivity contribution in [2.75, 3.05) is 7.05 Å². The Morgan fingerprint density at radius 3 is 2.57 bits per heavy atom. The topological polar surface area (TPSA) is 49.3 Å². The monoisotopic (exact) mass is 193 g/mol. The highest BCUT2D eigenvalue weighted by Crippen LogP contribution is 2.20. The van der Waals surface area contributed by atoms with E-state index in [2.05, 4.69) is 5.32 Å². The number of hydrogen-bond donors (Lipinski definition) is 2. The smallest absolute Gasteiger partial charge is 0.325 e. The van der Waals surface area contributed by atoms with Crippen molar-refractivity contribution in [2.24, 2.45) is 0 Å². The van der Waals surface area contributed by atoms with Crippen LogP contribution >= 0.6 is 0 Å². The highest BCUT2D eigenvalue weighted by atomic mass is 16.4. The third-order valence-corrected chi connectivity index (χ3v) is 2.49. The van der Waals surface area contributed by atoms with Gasteiger partial charge in [-0.3, -0.25) is 4.79 Å². The van der Waals surface area contributed by atoms with Crippen molar-refractivity contribution in [3.8, 4) is 0 Å². The lowest BCUT2D eigenvalue weighted by atomic mass is 9.98. The maximum absolute atomic E-state index is 10.9. The van der Waals surface area contributed by atoms with E-state index < -0.39 is 12.0 Å². The third kappa shape index (κ3) is 1.93. The minimum Gasteiger partial charge on any atom is -0.480 e. The van der Waals surface area contributed by atoms with Gasteiger partial charge in [-0.05, 0) is 37.6 Å². The molecule has 0 saturated carbocycles. The fourth-order valence-corrected chi connectivity index (χ4v) is 1.50. The van der Waals surface area contributed by atoms with Crippen LogP contribution in [0.1, 0.15) is 22.7 Å². The largest absolute Gasteiger partial charge is 0.480 e. The predicted octanol–water partition coefficient (Wildman–Crippen LogP) is 1.65. The molecular formula is C11H15NO2. The lowest BCUT2D eigenvalue weighted by molar-refractivity contribution is -0.139. The maximum atomic E-state index is 10.9. The van der Waals surface area contributed by atoms with Gasteiger partial charge in [0.2, 0.25) is 0 Å². The minimum absolute atomic E-state index is 0.616. The zero-order chi connectivity index (χ0) is 10.7. The standard InChI is InChI=1S/C11H15NO2/c1-7-5-4-6-9(8(7)2)10(12-3)11(13)14/h4-6,10,12H,1-3H3,(H,13,14). The summed E-state index contributed by atoms with van der Waals surface area (Å²) < 4.78 is 0. The summed E-state index contributed by atoms with van der Waals surface area (Å²) in [6.07, 6.45) is 0. The molecule has 0 bridgehead atoms. The van der Waals surface area contributed by atoms with E-state index in [1.54, 1.807) is 7.05 Å². The summed E-state index contributed by atoms with van der Waals surface area (Å²) in [6.45, 7) is 3.92. The molecule has 0 aromatic heterocycles. The van der Waals surface area contributed by atoms with Gasteiger partial charge in [0.15, 0.2) is 0 Å². The Bertz CT molecular complexity index is 347. The zero-order valence-corrected chi connectivity index (χ0v) is 8.66. The Hall–Kier alpha value is -1.35. The van der Waals surface area contributed by atoms with Gasteiger partial charge >= 0.3 is 5.97 Å². The number of carboxylic acids is 1. The van der Waals surface area contributed by atoms with Gasteiger partial charge in [-0.25, -0.2) is 0 Å². The van der Waals surface area contributed by atoms with Gasteiger partial charge in [-0.2, -0.15) is 0 Å². The number of benzene rings is 1. The molecule has 0 spiro atoms. The van der Waals surface area contributed by atoms with Crippen LogP contribution in [0.3, 0.4) is 0 Å². The summed E-state index contributed by atoms with van der Waals surface area (Å²) in [5.74, 6) is -0.846. The van der Waals surface area contributed by atoms with Crippen LogP contribution in [-0.2, 0) is 4.79 Å². The molecule has 3 nitrogen and oxygen atoms in total. The maximum Gasteiger partial charge on any atom is 0.325 e. The van der Waals surface area contributed by atoms with Crippen LogP contribution in [0.5, 0.6) is 0 Å². The first-order chi connectivity index (χ1) is 6.57. The van der Waals surface area contributed by atoms with Crippen LogP contribution in [0, 0.1) is 13.8 Å². The first-order valence-corrected chi connectivity index (χ1v) is 4.54. The van der Waals surface area contributed by atoms with Crippen LogP contribution in [0.4, 0.5) is 0 Å². The van der Waals surface area contributed by atoms with Crippen molar-refractivity contribution in [3.05, 3.63) is 34.9 Å². The van der Waals surface area contributed by atoms with E-state index in [1.807, 2.05) is 32.0 Å². The fourth-order valence-electron chi connectivity index (χ4n) is 1.50. The quantitative estimate of drug-likeness (QED) is 0.767. The van der Waals surface area contributed by atoms with E-state index in [1.165, 1.54) is 0 Å². The number of hydrogen-bond acceptors (Lipinski definition) is 2. The molecule has 76 valence electrons. The van der Waals surface area contributed by atoms with E-state index in [9.17, 15) is 4.79 Å². The predicted molar refractivity (Wildman–Crippen MR) is 55.4 cm³/mol. The molecule has 0 radical (unpaired) electrons. The van der Waals surface area contributed by atoms with Crippen molar-refractivity contribution in [1.29, 1.82) is 0 Å². The molecule has 1 aromatic rings. The van der Waals surface area contributed by atoms with E-state index in [0.717, 1.165) is 16.7 Å². The SMILES string of the molecule is CNC(C(=O)O)c1cccc(C)c1C. The molecular weight excluding hydrogens is 178 g/mol. The third-order valence-electron chi connectivity index (χ3n) is 2.49. The number of likely N-dealkylation sites (N-methyl/N-ethyl adjacent to an activating group) is 1. The first-order valence-electron chi connectivity index (χ1n) is 4.54. The average Bonchev–Trinajstić information content (AvgIpc) is 2.13. The molecule has 0 aliphatic heterocycles.